The van der Waals surface area contributed by atoms with Crippen molar-refractivity contribution in [2.45, 2.75) is 58.0 Å². The van der Waals surface area contributed by atoms with Crippen LogP contribution in [-0.2, 0) is 30.6 Å². The summed E-state index contributed by atoms with van der Waals surface area (Å²) in [5.74, 6) is -1.78. The highest BCUT2D eigenvalue weighted by Gasteiger charge is 2.49. The number of ether oxygens (including phenoxy) is 2. The number of alkyl carbamates (subject to hydrolysis) is 1. The molecule has 1 saturated carbocycles. The number of hydrogen-bond acceptors (Lipinski definition) is 14. The summed E-state index contributed by atoms with van der Waals surface area (Å²) in [5, 5.41) is 38.0. The van der Waals surface area contributed by atoms with Crippen molar-refractivity contribution in [1.82, 2.24) is 10.3 Å². The number of amides is 1. The Morgan fingerprint density at radius 2 is 1.76 bits per heavy atom. The van der Waals surface area contributed by atoms with Gasteiger partial charge in [0.25, 0.3) is 10.2 Å². The quantitative estimate of drug-likeness (QED) is 0.0903. The molecule has 2 aromatic heterocycles. The van der Waals surface area contributed by atoms with Gasteiger partial charge in [0.2, 0.25) is 0 Å². The molecule has 1 aliphatic rings. The molecule has 4 rings (SSSR count). The van der Waals surface area contributed by atoms with Crippen molar-refractivity contribution in [3.05, 3.63) is 80.1 Å². The molecular formula is C29H35N5O11S. The van der Waals surface area contributed by atoms with Crippen LogP contribution < -0.4 is 10.6 Å². The minimum atomic E-state index is -1.10. The van der Waals surface area contributed by atoms with Gasteiger partial charge in [0.05, 0.1) is 15.6 Å². The van der Waals surface area contributed by atoms with Gasteiger partial charge in [0.1, 0.15) is 31.6 Å². The largest absolute Gasteiger partial charge is 0.461 e. The Morgan fingerprint density at radius 1 is 1.11 bits per heavy atom. The number of nitrogens with one attached hydrogen (secondary N) is 2. The first-order chi connectivity index (χ1) is 21.7. The summed E-state index contributed by atoms with van der Waals surface area (Å²) in [6.45, 7) is 4.34. The molecule has 46 heavy (non-hydrogen) atoms. The van der Waals surface area contributed by atoms with Crippen molar-refractivity contribution in [3.8, 4) is 0 Å². The number of fused-ring (bicyclic) bond motifs is 1. The molecule has 1 amide bonds. The number of anilines is 1. The lowest BCUT2D eigenvalue weighted by molar-refractivity contribution is -0.773. The SMILES string of the molecule is CC(C)(C)OC(=O)NC[C@H](c1ccc(COC(=O)C2CC(CO[N+](=O)[O-])(CO[N+](=O)[O-])C2)cc1)[C@H](O)Nc1cc2ccncc2s1. The summed E-state index contributed by atoms with van der Waals surface area (Å²) in [6.07, 6.45) is 1.83. The summed E-state index contributed by atoms with van der Waals surface area (Å²) in [6, 6.07) is 10.7. The number of aliphatic hydroxyl groups excluding tert-OH is 1. The predicted molar refractivity (Wildman–Crippen MR) is 164 cm³/mol. The van der Waals surface area contributed by atoms with Gasteiger partial charge in [0, 0.05) is 30.3 Å². The third kappa shape index (κ3) is 9.61. The van der Waals surface area contributed by atoms with Crippen molar-refractivity contribution in [3.63, 3.8) is 0 Å². The Labute approximate surface area is 267 Å². The first-order valence-corrected chi connectivity index (χ1v) is 15.1. The van der Waals surface area contributed by atoms with Gasteiger partial charge in [-0.3, -0.25) is 9.78 Å². The Morgan fingerprint density at radius 3 is 2.35 bits per heavy atom. The molecule has 0 radical (unpaired) electrons. The standard InChI is InChI=1S/C29H35N5O11S/c1-28(2,3)45-27(37)31-13-22(25(35)32-24-10-20-8-9-30-14-23(20)46-24)19-6-4-18(5-7-19)15-42-26(36)21-11-29(12-21,16-43-33(38)39)17-44-34(40)41/h4-10,14,21-22,25,32,35H,11-13,15-17H2,1-3H3,(H,31,37)/t22-,25+/m1/s1. The van der Waals surface area contributed by atoms with Crippen LogP contribution in [0.4, 0.5) is 9.80 Å². The Hall–Kier alpha value is -4.77. The molecule has 1 aliphatic carbocycles. The highest BCUT2D eigenvalue weighted by molar-refractivity contribution is 7.22. The number of rotatable bonds is 15. The normalized spacial score (nSPS) is 15.6. The van der Waals surface area contributed by atoms with Gasteiger partial charge in [-0.2, -0.15) is 0 Å². The molecular weight excluding hydrogens is 626 g/mol. The molecule has 0 unspecified atom stereocenters. The molecule has 3 N–H and O–H groups in total. The average molecular weight is 662 g/mol. The minimum Gasteiger partial charge on any atom is -0.461 e. The second-order valence-electron chi connectivity index (χ2n) is 12.1. The molecule has 2 atom stereocenters. The van der Waals surface area contributed by atoms with E-state index in [0.29, 0.717) is 11.1 Å². The number of benzene rings is 1. The van der Waals surface area contributed by atoms with Gasteiger partial charge < -0.3 is 34.9 Å². The van der Waals surface area contributed by atoms with Crippen LogP contribution in [0.2, 0.25) is 0 Å². The molecule has 0 bridgehead atoms. The maximum absolute atomic E-state index is 12.6. The van der Waals surface area contributed by atoms with E-state index in [-0.39, 0.29) is 26.0 Å². The zero-order valence-electron chi connectivity index (χ0n) is 25.4. The third-order valence-corrected chi connectivity index (χ3v) is 8.31. The summed E-state index contributed by atoms with van der Waals surface area (Å²) >= 11 is 1.43. The molecule has 16 nitrogen and oxygen atoms in total. The molecule has 1 fully saturated rings. The van der Waals surface area contributed by atoms with Crippen LogP contribution in [0, 0.1) is 31.6 Å². The van der Waals surface area contributed by atoms with E-state index in [9.17, 15) is 34.9 Å². The molecule has 2 heterocycles. The number of pyridine rings is 1. The first kappa shape index (κ1) is 34.1. The van der Waals surface area contributed by atoms with E-state index in [4.69, 9.17) is 9.47 Å². The fourth-order valence-corrected chi connectivity index (χ4v) is 6.02. The predicted octanol–water partition coefficient (Wildman–Crippen LogP) is 4.19. The van der Waals surface area contributed by atoms with Crippen LogP contribution in [0.3, 0.4) is 0 Å². The van der Waals surface area contributed by atoms with Gasteiger partial charge in [-0.25, -0.2) is 4.79 Å². The molecule has 17 heteroatoms. The van der Waals surface area contributed by atoms with E-state index in [1.54, 1.807) is 57.4 Å². The van der Waals surface area contributed by atoms with Crippen LogP contribution in [0.25, 0.3) is 10.1 Å². The van der Waals surface area contributed by atoms with Crippen LogP contribution in [0.1, 0.15) is 50.7 Å². The zero-order valence-corrected chi connectivity index (χ0v) is 26.2. The monoisotopic (exact) mass is 661 g/mol. The van der Waals surface area contributed by atoms with E-state index in [1.165, 1.54) is 11.3 Å². The van der Waals surface area contributed by atoms with Crippen molar-refractivity contribution in [2.24, 2.45) is 11.3 Å². The van der Waals surface area contributed by atoms with Gasteiger partial charge in [-0.1, -0.05) is 24.3 Å². The number of carbonyl (C=O) groups excluding carboxylic acids is 2. The van der Waals surface area contributed by atoms with Gasteiger partial charge in [-0.15, -0.1) is 31.6 Å². The smallest absolute Gasteiger partial charge is 0.407 e. The average Bonchev–Trinajstić information content (AvgIpc) is 3.37. The Kier molecular flexibility index (Phi) is 10.8. The fourth-order valence-electron chi connectivity index (χ4n) is 5.06. The third-order valence-electron chi connectivity index (χ3n) is 7.29. The lowest BCUT2D eigenvalue weighted by Gasteiger charge is -2.44. The van der Waals surface area contributed by atoms with Gasteiger partial charge in [0.15, 0.2) is 0 Å². The number of aromatic nitrogens is 1. The van der Waals surface area contributed by atoms with Crippen LogP contribution in [-0.4, -0.2) is 63.9 Å². The van der Waals surface area contributed by atoms with E-state index in [2.05, 4.69) is 25.3 Å². The molecule has 0 spiro atoms. The highest BCUT2D eigenvalue weighted by Crippen LogP contribution is 2.47. The Bertz CT molecular complexity index is 1480. The van der Waals surface area contributed by atoms with Crippen molar-refractivity contribution in [1.29, 1.82) is 0 Å². The molecule has 0 aliphatic heterocycles. The first-order valence-electron chi connectivity index (χ1n) is 14.3. The molecule has 1 aromatic carbocycles. The molecule has 0 saturated heterocycles. The second kappa shape index (κ2) is 14.6. The highest BCUT2D eigenvalue weighted by atomic mass is 32.1. The Balaban J connectivity index is 1.37. The number of aliphatic hydroxyl groups is 1. The van der Waals surface area contributed by atoms with E-state index >= 15 is 0 Å². The van der Waals surface area contributed by atoms with Crippen molar-refractivity contribution < 1.29 is 44.0 Å². The van der Waals surface area contributed by atoms with Crippen molar-refractivity contribution in [2.75, 3.05) is 25.1 Å². The summed E-state index contributed by atoms with van der Waals surface area (Å²) in [7, 11) is 0. The van der Waals surface area contributed by atoms with E-state index in [0.717, 1.165) is 15.1 Å². The number of esters is 1. The molecule has 248 valence electrons. The summed E-state index contributed by atoms with van der Waals surface area (Å²) in [4.78, 5) is 59.2. The second-order valence-corrected chi connectivity index (χ2v) is 13.1. The molecule has 3 aromatic rings. The summed E-state index contributed by atoms with van der Waals surface area (Å²) < 4.78 is 11.7. The maximum atomic E-state index is 12.6. The number of nitrogens with zero attached hydrogens (tertiary/aromatic N) is 3. The lowest BCUT2D eigenvalue weighted by atomic mass is 9.63. The number of thiophene rings is 1. The van der Waals surface area contributed by atoms with Gasteiger partial charge >= 0.3 is 12.1 Å². The fraction of sp³-hybridized carbons (Fsp3) is 0.483. The number of hydrogen-bond donors (Lipinski definition) is 3. The van der Waals surface area contributed by atoms with Gasteiger partial charge in [-0.05, 0) is 62.3 Å². The van der Waals surface area contributed by atoms with Crippen LogP contribution in [0.5, 0.6) is 0 Å². The van der Waals surface area contributed by atoms with E-state index in [1.807, 2.05) is 12.1 Å². The minimum absolute atomic E-state index is 0.0492. The van der Waals surface area contributed by atoms with Crippen LogP contribution in [0.15, 0.2) is 48.8 Å². The van der Waals surface area contributed by atoms with Crippen molar-refractivity contribution >= 4 is 38.5 Å². The number of carbonyl (C=O) groups is 2. The van der Waals surface area contributed by atoms with E-state index < -0.39 is 64.5 Å². The zero-order chi connectivity index (χ0) is 33.5. The lowest BCUT2D eigenvalue weighted by Crippen LogP contribution is -2.48. The topological polar surface area (TPSA) is 215 Å². The summed E-state index contributed by atoms with van der Waals surface area (Å²) in [5.41, 5.74) is -0.411. The van der Waals surface area contributed by atoms with Crippen LogP contribution >= 0.6 is 11.3 Å². The maximum Gasteiger partial charge on any atom is 0.407 e.